The van der Waals surface area contributed by atoms with E-state index < -0.39 is 42.5 Å². The molecular weight excluding hydrogens is 380 g/mol. The van der Waals surface area contributed by atoms with Crippen LogP contribution < -0.4 is 10.6 Å². The Morgan fingerprint density at radius 2 is 2.10 bits per heavy atom. The van der Waals surface area contributed by atoms with Crippen molar-refractivity contribution in [1.82, 2.24) is 15.4 Å². The molecule has 2 atom stereocenters. The second-order valence-corrected chi connectivity index (χ2v) is 8.79. The van der Waals surface area contributed by atoms with Gasteiger partial charge >= 0.3 is 12.0 Å². The number of imide groups is 1. The van der Waals surface area contributed by atoms with E-state index >= 15 is 0 Å². The Morgan fingerprint density at radius 1 is 1.38 bits per heavy atom. The Hall–Kier alpha value is -2.91. The molecule has 10 heteroatoms. The average molecular weight is 406 g/mol. The van der Waals surface area contributed by atoms with Gasteiger partial charge in [0.1, 0.15) is 17.8 Å². The monoisotopic (exact) mass is 406 g/mol. The Balaban J connectivity index is 1.55. The lowest BCUT2D eigenvalue weighted by Crippen LogP contribution is -2.54. The van der Waals surface area contributed by atoms with Crippen molar-refractivity contribution in [3.05, 3.63) is 11.8 Å². The Labute approximate surface area is 168 Å². The average Bonchev–Trinajstić information content (AvgIpc) is 3.07. The lowest BCUT2D eigenvalue weighted by Gasteiger charge is -2.43. The van der Waals surface area contributed by atoms with Crippen LogP contribution >= 0.6 is 0 Å². The molecule has 0 aromatic carbocycles. The number of amides is 4. The molecule has 158 valence electrons. The number of ether oxygens (including phenoxy) is 1. The molecule has 1 spiro atoms. The van der Waals surface area contributed by atoms with Gasteiger partial charge in [0.25, 0.3) is 11.8 Å². The summed E-state index contributed by atoms with van der Waals surface area (Å²) in [5.74, 6) is -0.887. The number of nitrogens with one attached hydrogen (secondary N) is 2. The van der Waals surface area contributed by atoms with Crippen LogP contribution in [-0.2, 0) is 19.1 Å². The first-order valence-corrected chi connectivity index (χ1v) is 9.53. The first-order valence-electron chi connectivity index (χ1n) is 9.53. The quantitative estimate of drug-likeness (QED) is 0.561. The van der Waals surface area contributed by atoms with Gasteiger partial charge < -0.3 is 19.9 Å². The van der Waals surface area contributed by atoms with Crippen LogP contribution in [0.25, 0.3) is 0 Å². The van der Waals surface area contributed by atoms with Crippen LogP contribution in [0.1, 0.15) is 45.8 Å². The van der Waals surface area contributed by atoms with Crippen molar-refractivity contribution >= 4 is 29.6 Å². The molecule has 0 bridgehead atoms. The van der Waals surface area contributed by atoms with Crippen molar-refractivity contribution in [1.29, 1.82) is 0 Å². The SMILES string of the molecule is Cc1cc(NC(=O)COC(=O)CN2C(=O)N[C@]3(C[C@@H](C)CC(C)(C)C3)C2=O)no1. The van der Waals surface area contributed by atoms with Crippen molar-refractivity contribution in [2.24, 2.45) is 11.3 Å². The summed E-state index contributed by atoms with van der Waals surface area (Å²) in [4.78, 5) is 50.1. The maximum absolute atomic E-state index is 13.0. The van der Waals surface area contributed by atoms with Gasteiger partial charge in [-0.1, -0.05) is 25.9 Å². The zero-order chi connectivity index (χ0) is 21.4. The van der Waals surface area contributed by atoms with E-state index in [4.69, 9.17) is 9.26 Å². The van der Waals surface area contributed by atoms with Gasteiger partial charge in [-0.2, -0.15) is 0 Å². The molecule has 2 N–H and O–H groups in total. The lowest BCUT2D eigenvalue weighted by atomic mass is 9.64. The van der Waals surface area contributed by atoms with Crippen LogP contribution in [0, 0.1) is 18.3 Å². The predicted molar refractivity (Wildman–Crippen MR) is 101 cm³/mol. The van der Waals surface area contributed by atoms with E-state index in [0.717, 1.165) is 11.3 Å². The molecule has 1 aromatic heterocycles. The number of carbonyl (C=O) groups is 4. The second kappa shape index (κ2) is 7.49. The van der Waals surface area contributed by atoms with Crippen LogP contribution in [0.4, 0.5) is 10.6 Å². The van der Waals surface area contributed by atoms with E-state index in [9.17, 15) is 19.2 Å². The molecule has 29 heavy (non-hydrogen) atoms. The summed E-state index contributed by atoms with van der Waals surface area (Å²) < 4.78 is 9.72. The number of aromatic nitrogens is 1. The van der Waals surface area contributed by atoms with Crippen LogP contribution in [0.5, 0.6) is 0 Å². The summed E-state index contributed by atoms with van der Waals surface area (Å²) in [6.45, 7) is 6.74. The van der Waals surface area contributed by atoms with Gasteiger partial charge in [-0.05, 0) is 37.5 Å². The fourth-order valence-electron chi connectivity index (χ4n) is 4.57. The van der Waals surface area contributed by atoms with Crippen molar-refractivity contribution in [2.45, 2.75) is 52.5 Å². The Bertz CT molecular complexity index is 848. The normalized spacial score (nSPS) is 25.8. The summed E-state index contributed by atoms with van der Waals surface area (Å²) in [6, 6.07) is 0.901. The highest BCUT2D eigenvalue weighted by Gasteiger charge is 2.56. The topological polar surface area (TPSA) is 131 Å². The predicted octanol–water partition coefficient (Wildman–Crippen LogP) is 1.60. The van der Waals surface area contributed by atoms with Crippen LogP contribution in [0.15, 0.2) is 10.6 Å². The lowest BCUT2D eigenvalue weighted by molar-refractivity contribution is -0.150. The van der Waals surface area contributed by atoms with Crippen LogP contribution in [-0.4, -0.2) is 52.6 Å². The first-order chi connectivity index (χ1) is 13.5. The number of aryl methyl sites for hydroxylation is 1. The van der Waals surface area contributed by atoms with Gasteiger partial charge in [-0.25, -0.2) is 4.79 Å². The maximum atomic E-state index is 13.0. The van der Waals surface area contributed by atoms with E-state index in [-0.39, 0.29) is 17.2 Å². The molecule has 0 radical (unpaired) electrons. The first kappa shape index (κ1) is 20.8. The van der Waals surface area contributed by atoms with Crippen molar-refractivity contribution in [3.63, 3.8) is 0 Å². The molecule has 1 aromatic rings. The molecule has 3 rings (SSSR count). The molecule has 1 saturated heterocycles. The number of hydrogen-bond donors (Lipinski definition) is 2. The molecule has 10 nitrogen and oxygen atoms in total. The summed E-state index contributed by atoms with van der Waals surface area (Å²) in [7, 11) is 0. The molecular formula is C19H26N4O6. The van der Waals surface area contributed by atoms with Gasteiger partial charge in [0.05, 0.1) is 0 Å². The van der Waals surface area contributed by atoms with Crippen molar-refractivity contribution < 1.29 is 28.4 Å². The molecule has 2 fully saturated rings. The number of urea groups is 1. The molecule has 1 saturated carbocycles. The minimum absolute atomic E-state index is 0.102. The van der Waals surface area contributed by atoms with E-state index in [0.29, 0.717) is 18.6 Å². The summed E-state index contributed by atoms with van der Waals surface area (Å²) in [5, 5.41) is 8.80. The van der Waals surface area contributed by atoms with Crippen molar-refractivity contribution in [3.8, 4) is 0 Å². The smallest absolute Gasteiger partial charge is 0.326 e. The third kappa shape index (κ3) is 4.57. The number of hydrogen-bond acceptors (Lipinski definition) is 7. The van der Waals surface area contributed by atoms with Gasteiger partial charge in [-0.3, -0.25) is 19.3 Å². The van der Waals surface area contributed by atoms with Gasteiger partial charge in [0, 0.05) is 6.07 Å². The number of rotatable bonds is 5. The summed E-state index contributed by atoms with van der Waals surface area (Å²) in [5.41, 5.74) is -1.09. The molecule has 1 aliphatic heterocycles. The van der Waals surface area contributed by atoms with Crippen LogP contribution in [0.2, 0.25) is 0 Å². The van der Waals surface area contributed by atoms with Crippen LogP contribution in [0.3, 0.4) is 0 Å². The number of carbonyl (C=O) groups excluding carboxylic acids is 4. The number of nitrogens with zero attached hydrogens (tertiary/aromatic N) is 2. The molecule has 1 aliphatic carbocycles. The van der Waals surface area contributed by atoms with E-state index in [2.05, 4.69) is 29.6 Å². The molecule has 4 amide bonds. The Kier molecular flexibility index (Phi) is 5.38. The van der Waals surface area contributed by atoms with E-state index in [1.54, 1.807) is 6.92 Å². The highest BCUT2D eigenvalue weighted by atomic mass is 16.5. The van der Waals surface area contributed by atoms with E-state index in [1.807, 2.05) is 6.92 Å². The van der Waals surface area contributed by atoms with Gasteiger partial charge in [0.2, 0.25) is 0 Å². The minimum atomic E-state index is -0.985. The maximum Gasteiger partial charge on any atom is 0.326 e. The zero-order valence-electron chi connectivity index (χ0n) is 17.0. The molecule has 0 unspecified atom stereocenters. The number of anilines is 1. The van der Waals surface area contributed by atoms with Gasteiger partial charge in [-0.15, -0.1) is 0 Å². The largest absolute Gasteiger partial charge is 0.454 e. The molecule has 2 aliphatic rings. The Morgan fingerprint density at radius 3 is 2.72 bits per heavy atom. The summed E-state index contributed by atoms with van der Waals surface area (Å²) >= 11 is 0. The fourth-order valence-corrected chi connectivity index (χ4v) is 4.57. The van der Waals surface area contributed by atoms with Gasteiger partial charge in [0.15, 0.2) is 12.4 Å². The third-order valence-electron chi connectivity index (χ3n) is 5.17. The highest BCUT2D eigenvalue weighted by molar-refractivity contribution is 6.09. The summed E-state index contributed by atoms with van der Waals surface area (Å²) in [6.07, 6.45) is 2.01. The highest BCUT2D eigenvalue weighted by Crippen LogP contribution is 2.46. The zero-order valence-corrected chi connectivity index (χ0v) is 17.0. The third-order valence-corrected chi connectivity index (χ3v) is 5.17. The number of esters is 1. The standard InChI is InChI=1S/C19H26N4O6/c1-11-6-18(3,4)10-19(7-11)16(26)23(17(27)21-19)8-15(25)28-9-14(24)20-13-5-12(2)29-22-13/h5,11H,6-10H2,1-4H3,(H,21,27)(H,20,22,24)/t11-,19-/m0/s1. The van der Waals surface area contributed by atoms with Crippen molar-refractivity contribution in [2.75, 3.05) is 18.5 Å². The fraction of sp³-hybridized carbons (Fsp3) is 0.632. The molecule has 2 heterocycles. The van der Waals surface area contributed by atoms with E-state index in [1.165, 1.54) is 6.07 Å². The minimum Gasteiger partial charge on any atom is -0.454 e. The second-order valence-electron chi connectivity index (χ2n) is 8.79.